The summed E-state index contributed by atoms with van der Waals surface area (Å²) in [6, 6.07) is 4.35. The molecule has 1 N–H and O–H groups in total. The van der Waals surface area contributed by atoms with Crippen LogP contribution in [0.4, 0.5) is 5.13 Å². The van der Waals surface area contributed by atoms with Crippen molar-refractivity contribution in [3.63, 3.8) is 0 Å². The second-order valence-electron chi connectivity index (χ2n) is 3.98. The summed E-state index contributed by atoms with van der Waals surface area (Å²) in [5, 5.41) is 6.40. The Morgan fingerprint density at radius 1 is 1.47 bits per heavy atom. The Hall–Kier alpha value is -1.46. The van der Waals surface area contributed by atoms with Gasteiger partial charge in [-0.2, -0.15) is 0 Å². The van der Waals surface area contributed by atoms with Gasteiger partial charge in [-0.3, -0.25) is 4.98 Å². The summed E-state index contributed by atoms with van der Waals surface area (Å²) in [5.74, 6) is 0. The average molecular weight is 247 g/mol. The quantitative estimate of drug-likeness (QED) is 0.904. The summed E-state index contributed by atoms with van der Waals surface area (Å²) in [7, 11) is 0. The molecule has 2 aromatic rings. The maximum atomic E-state index is 5.33. The summed E-state index contributed by atoms with van der Waals surface area (Å²) >= 11 is 1.63. The summed E-state index contributed by atoms with van der Waals surface area (Å²) < 4.78 is 5.33. The van der Waals surface area contributed by atoms with Crippen molar-refractivity contribution in [2.45, 2.75) is 12.5 Å². The molecular weight excluding hydrogens is 234 g/mol. The van der Waals surface area contributed by atoms with E-state index in [0.717, 1.165) is 36.0 Å². The van der Waals surface area contributed by atoms with E-state index in [4.69, 9.17) is 4.74 Å². The second-order valence-corrected chi connectivity index (χ2v) is 4.84. The van der Waals surface area contributed by atoms with Gasteiger partial charge in [0.1, 0.15) is 0 Å². The van der Waals surface area contributed by atoms with Crippen LogP contribution < -0.4 is 5.32 Å². The number of nitrogens with zero attached hydrogens (tertiary/aromatic N) is 2. The number of hydrogen-bond donors (Lipinski definition) is 1. The molecule has 5 heteroatoms. The SMILES string of the molecule is c1cncc(-c2csc(NC3CCOC3)n2)c1. The fraction of sp³-hybridized carbons (Fsp3) is 0.333. The summed E-state index contributed by atoms with van der Waals surface area (Å²) in [6.45, 7) is 1.63. The van der Waals surface area contributed by atoms with Gasteiger partial charge in [0.2, 0.25) is 0 Å². The number of hydrogen-bond acceptors (Lipinski definition) is 5. The topological polar surface area (TPSA) is 47.0 Å². The van der Waals surface area contributed by atoms with Crippen molar-refractivity contribution in [3.8, 4) is 11.3 Å². The molecule has 0 aliphatic carbocycles. The largest absolute Gasteiger partial charge is 0.379 e. The molecule has 4 nitrogen and oxygen atoms in total. The first-order valence-electron chi connectivity index (χ1n) is 5.62. The zero-order valence-electron chi connectivity index (χ0n) is 9.30. The molecule has 2 aromatic heterocycles. The van der Waals surface area contributed by atoms with Gasteiger partial charge in [0.05, 0.1) is 18.3 Å². The van der Waals surface area contributed by atoms with Crippen molar-refractivity contribution >= 4 is 16.5 Å². The monoisotopic (exact) mass is 247 g/mol. The van der Waals surface area contributed by atoms with Crippen LogP contribution in [0.25, 0.3) is 11.3 Å². The molecule has 3 rings (SSSR count). The predicted molar refractivity (Wildman–Crippen MR) is 68.2 cm³/mol. The molecule has 1 saturated heterocycles. The van der Waals surface area contributed by atoms with E-state index >= 15 is 0 Å². The molecule has 0 amide bonds. The molecule has 0 spiro atoms. The number of anilines is 1. The minimum absolute atomic E-state index is 0.405. The Morgan fingerprint density at radius 3 is 3.24 bits per heavy atom. The maximum Gasteiger partial charge on any atom is 0.183 e. The first-order valence-corrected chi connectivity index (χ1v) is 6.50. The highest BCUT2D eigenvalue weighted by Crippen LogP contribution is 2.25. The molecule has 1 fully saturated rings. The minimum atomic E-state index is 0.405. The van der Waals surface area contributed by atoms with Crippen molar-refractivity contribution in [2.75, 3.05) is 18.5 Å². The highest BCUT2D eigenvalue weighted by molar-refractivity contribution is 7.14. The highest BCUT2D eigenvalue weighted by Gasteiger charge is 2.16. The van der Waals surface area contributed by atoms with Crippen LogP contribution >= 0.6 is 11.3 Å². The lowest BCUT2D eigenvalue weighted by molar-refractivity contribution is 0.195. The molecule has 0 aromatic carbocycles. The Morgan fingerprint density at radius 2 is 2.47 bits per heavy atom. The summed E-state index contributed by atoms with van der Waals surface area (Å²) in [4.78, 5) is 8.65. The van der Waals surface area contributed by atoms with Crippen molar-refractivity contribution < 1.29 is 4.74 Å². The zero-order valence-corrected chi connectivity index (χ0v) is 10.1. The lowest BCUT2D eigenvalue weighted by Crippen LogP contribution is -2.18. The van der Waals surface area contributed by atoms with Crippen LogP contribution in [0.3, 0.4) is 0 Å². The fourth-order valence-corrected chi connectivity index (χ4v) is 2.61. The van der Waals surface area contributed by atoms with Gasteiger partial charge in [0, 0.05) is 29.9 Å². The number of ether oxygens (including phenoxy) is 1. The van der Waals surface area contributed by atoms with E-state index in [1.807, 2.05) is 18.3 Å². The molecule has 0 saturated carbocycles. The molecule has 0 radical (unpaired) electrons. The standard InChI is InChI=1S/C12H13N3OS/c1-2-9(6-13-4-1)11-8-17-12(15-11)14-10-3-5-16-7-10/h1-2,4,6,8,10H,3,5,7H2,(H,14,15). The van der Waals surface area contributed by atoms with E-state index in [9.17, 15) is 0 Å². The molecule has 3 heterocycles. The third-order valence-electron chi connectivity index (χ3n) is 2.72. The van der Waals surface area contributed by atoms with Gasteiger partial charge in [-0.1, -0.05) is 0 Å². The minimum Gasteiger partial charge on any atom is -0.379 e. The molecule has 0 bridgehead atoms. The van der Waals surface area contributed by atoms with Gasteiger partial charge in [-0.15, -0.1) is 11.3 Å². The normalized spacial score (nSPS) is 19.4. The first kappa shape index (κ1) is 10.7. The maximum absolute atomic E-state index is 5.33. The first-order chi connectivity index (χ1) is 8.42. The Labute approximate surface area is 104 Å². The summed E-state index contributed by atoms with van der Waals surface area (Å²) in [6.07, 6.45) is 4.66. The van der Waals surface area contributed by atoms with E-state index in [-0.39, 0.29) is 0 Å². The Kier molecular flexibility index (Phi) is 3.02. The molecule has 1 aliphatic rings. The Bertz CT molecular complexity index is 480. The fourth-order valence-electron chi connectivity index (χ4n) is 1.81. The van der Waals surface area contributed by atoms with Gasteiger partial charge in [0.25, 0.3) is 0 Å². The van der Waals surface area contributed by atoms with E-state index in [1.54, 1.807) is 17.5 Å². The van der Waals surface area contributed by atoms with Crippen LogP contribution in [-0.4, -0.2) is 29.2 Å². The van der Waals surface area contributed by atoms with Gasteiger partial charge >= 0.3 is 0 Å². The molecule has 1 unspecified atom stereocenters. The predicted octanol–water partition coefficient (Wildman–Crippen LogP) is 2.41. The smallest absolute Gasteiger partial charge is 0.183 e. The lowest BCUT2D eigenvalue weighted by atomic mass is 10.2. The third-order valence-corrected chi connectivity index (χ3v) is 3.49. The van der Waals surface area contributed by atoms with Crippen LogP contribution in [0.2, 0.25) is 0 Å². The molecule has 1 aliphatic heterocycles. The third kappa shape index (κ3) is 2.45. The van der Waals surface area contributed by atoms with Crippen LogP contribution in [-0.2, 0) is 4.74 Å². The van der Waals surface area contributed by atoms with E-state index in [2.05, 4.69) is 20.7 Å². The van der Waals surface area contributed by atoms with E-state index in [0.29, 0.717) is 6.04 Å². The molecule has 17 heavy (non-hydrogen) atoms. The second kappa shape index (κ2) is 4.81. The van der Waals surface area contributed by atoms with Gasteiger partial charge in [-0.25, -0.2) is 4.98 Å². The van der Waals surface area contributed by atoms with Crippen molar-refractivity contribution in [1.82, 2.24) is 9.97 Å². The zero-order chi connectivity index (χ0) is 11.5. The van der Waals surface area contributed by atoms with E-state index in [1.165, 1.54) is 0 Å². The van der Waals surface area contributed by atoms with Gasteiger partial charge in [-0.05, 0) is 18.6 Å². The lowest BCUT2D eigenvalue weighted by Gasteiger charge is -2.07. The number of nitrogens with one attached hydrogen (secondary N) is 1. The van der Waals surface area contributed by atoms with Crippen LogP contribution in [0, 0.1) is 0 Å². The average Bonchev–Trinajstić information content (AvgIpc) is 3.02. The number of thiazole rings is 1. The summed E-state index contributed by atoms with van der Waals surface area (Å²) in [5.41, 5.74) is 2.03. The van der Waals surface area contributed by atoms with Gasteiger partial charge < -0.3 is 10.1 Å². The van der Waals surface area contributed by atoms with Crippen LogP contribution in [0.1, 0.15) is 6.42 Å². The van der Waals surface area contributed by atoms with Crippen molar-refractivity contribution in [3.05, 3.63) is 29.9 Å². The number of rotatable bonds is 3. The van der Waals surface area contributed by atoms with Crippen molar-refractivity contribution in [1.29, 1.82) is 0 Å². The van der Waals surface area contributed by atoms with Crippen molar-refractivity contribution in [2.24, 2.45) is 0 Å². The van der Waals surface area contributed by atoms with Gasteiger partial charge in [0.15, 0.2) is 5.13 Å². The van der Waals surface area contributed by atoms with E-state index < -0.39 is 0 Å². The molecule has 88 valence electrons. The van der Waals surface area contributed by atoms with Crippen LogP contribution in [0.5, 0.6) is 0 Å². The Balaban J connectivity index is 1.74. The molecule has 1 atom stereocenters. The number of aromatic nitrogens is 2. The molecular formula is C12H13N3OS. The van der Waals surface area contributed by atoms with Crippen LogP contribution in [0.15, 0.2) is 29.9 Å². The number of pyridine rings is 1. The highest BCUT2D eigenvalue weighted by atomic mass is 32.1.